The first-order valence-electron chi connectivity index (χ1n) is 11.5. The van der Waals surface area contributed by atoms with Gasteiger partial charge in [0.15, 0.2) is 27.6 Å². The summed E-state index contributed by atoms with van der Waals surface area (Å²) in [6, 6.07) is 14.7. The Morgan fingerprint density at radius 3 is 2.63 bits per heavy atom. The lowest BCUT2D eigenvalue weighted by Crippen LogP contribution is -2.25. The summed E-state index contributed by atoms with van der Waals surface area (Å²) < 4.78 is 12.3. The van der Waals surface area contributed by atoms with E-state index in [1.165, 1.54) is 37.3 Å². The molecule has 0 aliphatic carbocycles. The van der Waals surface area contributed by atoms with Crippen molar-refractivity contribution >= 4 is 40.0 Å². The standard InChI is InChI=1S/C26H26N6O4S2/c1-4-12-32-22(14-27-24(34)18-10-11-20(35-2)21(13-18)36-3)30-31-26(32)38-16-23(33)29-25-28-19(15-37-25)17-8-6-5-7-9-17/h4-11,13,15H,1,12,14,16H2,2-3H3,(H,27,34)(H,28,29,33). The number of anilines is 1. The molecule has 2 aromatic carbocycles. The van der Waals surface area contributed by atoms with E-state index >= 15 is 0 Å². The molecule has 4 rings (SSSR count). The van der Waals surface area contributed by atoms with Crippen LogP contribution in [0.4, 0.5) is 5.13 Å². The van der Waals surface area contributed by atoms with Crippen molar-refractivity contribution in [3.8, 4) is 22.8 Å². The summed E-state index contributed by atoms with van der Waals surface area (Å²) in [5.74, 6) is 1.14. The number of aromatic nitrogens is 4. The molecule has 0 aliphatic rings. The molecule has 0 unspecified atom stereocenters. The highest BCUT2D eigenvalue weighted by molar-refractivity contribution is 7.99. The van der Waals surface area contributed by atoms with Gasteiger partial charge in [-0.1, -0.05) is 48.2 Å². The second-order valence-corrected chi connectivity index (χ2v) is 9.59. The number of carbonyl (C=O) groups is 2. The largest absolute Gasteiger partial charge is 0.493 e. The molecule has 2 heterocycles. The normalized spacial score (nSPS) is 10.6. The summed E-state index contributed by atoms with van der Waals surface area (Å²) in [7, 11) is 3.04. The van der Waals surface area contributed by atoms with E-state index in [0.29, 0.717) is 39.7 Å². The molecule has 0 atom stereocenters. The van der Waals surface area contributed by atoms with Gasteiger partial charge in [-0.05, 0) is 18.2 Å². The fraction of sp³-hybridized carbons (Fsp3) is 0.192. The molecule has 196 valence electrons. The van der Waals surface area contributed by atoms with E-state index in [9.17, 15) is 9.59 Å². The summed E-state index contributed by atoms with van der Waals surface area (Å²) in [5, 5.41) is 17.1. The zero-order chi connectivity index (χ0) is 26.9. The van der Waals surface area contributed by atoms with E-state index in [1.54, 1.807) is 28.8 Å². The summed E-state index contributed by atoms with van der Waals surface area (Å²) in [5.41, 5.74) is 2.22. The van der Waals surface area contributed by atoms with Gasteiger partial charge < -0.3 is 24.7 Å². The highest BCUT2D eigenvalue weighted by Gasteiger charge is 2.16. The molecule has 38 heavy (non-hydrogen) atoms. The summed E-state index contributed by atoms with van der Waals surface area (Å²) in [6.07, 6.45) is 1.70. The highest BCUT2D eigenvalue weighted by atomic mass is 32.2. The Hall–Kier alpha value is -4.16. The van der Waals surface area contributed by atoms with Gasteiger partial charge >= 0.3 is 0 Å². The summed E-state index contributed by atoms with van der Waals surface area (Å²) in [4.78, 5) is 29.7. The Bertz CT molecular complexity index is 1420. The van der Waals surface area contributed by atoms with E-state index in [4.69, 9.17) is 9.47 Å². The number of hydrogen-bond acceptors (Lipinski definition) is 9. The first-order valence-corrected chi connectivity index (χ1v) is 13.4. The monoisotopic (exact) mass is 550 g/mol. The van der Waals surface area contributed by atoms with Crippen molar-refractivity contribution in [1.82, 2.24) is 25.1 Å². The number of thioether (sulfide) groups is 1. The SMILES string of the molecule is C=CCn1c(CNC(=O)c2ccc(OC)c(OC)c2)nnc1SCC(=O)Nc1nc(-c2ccccc2)cs1. The van der Waals surface area contributed by atoms with Crippen LogP contribution in [0.2, 0.25) is 0 Å². The minimum absolute atomic E-state index is 0.119. The van der Waals surface area contributed by atoms with Crippen molar-refractivity contribution in [2.45, 2.75) is 18.2 Å². The predicted molar refractivity (Wildman–Crippen MR) is 148 cm³/mol. The number of benzene rings is 2. The fourth-order valence-electron chi connectivity index (χ4n) is 3.47. The molecule has 2 N–H and O–H groups in total. The third kappa shape index (κ3) is 6.58. The lowest BCUT2D eigenvalue weighted by atomic mass is 10.2. The van der Waals surface area contributed by atoms with Gasteiger partial charge in [0.05, 0.1) is 32.2 Å². The molecule has 0 saturated carbocycles. The van der Waals surface area contributed by atoms with Crippen molar-refractivity contribution in [1.29, 1.82) is 0 Å². The van der Waals surface area contributed by atoms with Gasteiger partial charge in [-0.2, -0.15) is 0 Å². The lowest BCUT2D eigenvalue weighted by Gasteiger charge is -2.11. The number of amides is 2. The zero-order valence-corrected chi connectivity index (χ0v) is 22.5. The smallest absolute Gasteiger partial charge is 0.251 e. The number of thiazole rings is 1. The lowest BCUT2D eigenvalue weighted by molar-refractivity contribution is -0.113. The molecule has 0 bridgehead atoms. The number of methoxy groups -OCH3 is 2. The zero-order valence-electron chi connectivity index (χ0n) is 20.8. The van der Waals surface area contributed by atoms with Crippen LogP contribution in [0.15, 0.2) is 71.7 Å². The topological polar surface area (TPSA) is 120 Å². The van der Waals surface area contributed by atoms with Crippen molar-refractivity contribution in [2.75, 3.05) is 25.3 Å². The molecule has 0 fully saturated rings. The minimum atomic E-state index is -0.300. The first kappa shape index (κ1) is 26.9. The van der Waals surface area contributed by atoms with Crippen LogP contribution in [0.3, 0.4) is 0 Å². The van der Waals surface area contributed by atoms with Gasteiger partial charge in [0, 0.05) is 23.1 Å². The van der Waals surface area contributed by atoms with Crippen molar-refractivity contribution < 1.29 is 19.1 Å². The minimum Gasteiger partial charge on any atom is -0.493 e. The van der Waals surface area contributed by atoms with E-state index < -0.39 is 0 Å². The number of hydrogen-bond donors (Lipinski definition) is 2. The van der Waals surface area contributed by atoms with Crippen molar-refractivity contribution in [3.05, 3.63) is 78.0 Å². The first-order chi connectivity index (χ1) is 18.5. The Morgan fingerprint density at radius 1 is 1.11 bits per heavy atom. The average molecular weight is 551 g/mol. The van der Waals surface area contributed by atoms with E-state index in [0.717, 1.165) is 11.3 Å². The molecule has 0 aliphatic heterocycles. The highest BCUT2D eigenvalue weighted by Crippen LogP contribution is 2.28. The second kappa shape index (κ2) is 12.9. The number of nitrogens with zero attached hydrogens (tertiary/aromatic N) is 4. The second-order valence-electron chi connectivity index (χ2n) is 7.79. The fourth-order valence-corrected chi connectivity index (χ4v) is 4.97. The molecule has 2 amide bonds. The maximum absolute atomic E-state index is 12.7. The van der Waals surface area contributed by atoms with Crippen LogP contribution in [0, 0.1) is 0 Å². The Kier molecular flexibility index (Phi) is 9.11. The number of carbonyl (C=O) groups excluding carboxylic acids is 2. The van der Waals surface area contributed by atoms with Crippen molar-refractivity contribution in [3.63, 3.8) is 0 Å². The molecule has 2 aromatic heterocycles. The summed E-state index contributed by atoms with van der Waals surface area (Å²) in [6.45, 7) is 4.35. The summed E-state index contributed by atoms with van der Waals surface area (Å²) >= 11 is 2.61. The van der Waals surface area contributed by atoms with Gasteiger partial charge in [-0.25, -0.2) is 4.98 Å². The van der Waals surface area contributed by atoms with Crippen LogP contribution in [-0.2, 0) is 17.9 Å². The number of allylic oxidation sites excluding steroid dienone is 1. The number of ether oxygens (including phenoxy) is 2. The van der Waals surface area contributed by atoms with Crippen molar-refractivity contribution in [2.24, 2.45) is 0 Å². The molecule has 0 saturated heterocycles. The third-order valence-electron chi connectivity index (χ3n) is 5.31. The molecule has 10 nitrogen and oxygen atoms in total. The van der Waals surface area contributed by atoms with E-state index in [-0.39, 0.29) is 24.1 Å². The van der Waals surface area contributed by atoms with Crippen LogP contribution in [0.25, 0.3) is 11.3 Å². The predicted octanol–water partition coefficient (Wildman–Crippen LogP) is 4.27. The van der Waals surface area contributed by atoms with Gasteiger partial charge in [-0.15, -0.1) is 28.1 Å². The quantitative estimate of drug-likeness (QED) is 0.198. The van der Waals surface area contributed by atoms with Gasteiger partial charge in [-0.3, -0.25) is 9.59 Å². The molecule has 4 aromatic rings. The Morgan fingerprint density at radius 2 is 1.89 bits per heavy atom. The van der Waals surface area contributed by atoms with Crippen LogP contribution >= 0.6 is 23.1 Å². The molecule has 0 spiro atoms. The molecule has 0 radical (unpaired) electrons. The molecular formula is C26H26N6O4S2. The van der Waals surface area contributed by atoms with Crippen LogP contribution in [0.1, 0.15) is 16.2 Å². The average Bonchev–Trinajstić information content (AvgIpc) is 3.57. The van der Waals surface area contributed by atoms with Crippen LogP contribution in [-0.4, -0.2) is 51.5 Å². The van der Waals surface area contributed by atoms with E-state index in [1.807, 2.05) is 35.7 Å². The Balaban J connectivity index is 1.35. The van der Waals surface area contributed by atoms with Gasteiger partial charge in [0.1, 0.15) is 0 Å². The number of rotatable bonds is 12. The maximum atomic E-state index is 12.7. The molecular weight excluding hydrogens is 524 g/mol. The van der Waals surface area contributed by atoms with E-state index in [2.05, 4.69) is 32.4 Å². The number of nitrogens with one attached hydrogen (secondary N) is 2. The van der Waals surface area contributed by atoms with Gasteiger partial charge in [0.25, 0.3) is 5.91 Å². The molecule has 12 heteroatoms. The van der Waals surface area contributed by atoms with Crippen LogP contribution in [0.5, 0.6) is 11.5 Å². The Labute approximate surface area is 228 Å². The maximum Gasteiger partial charge on any atom is 0.251 e. The van der Waals surface area contributed by atoms with Crippen LogP contribution < -0.4 is 20.1 Å². The third-order valence-corrected chi connectivity index (χ3v) is 7.03. The van der Waals surface area contributed by atoms with Gasteiger partial charge in [0.2, 0.25) is 5.91 Å².